The Morgan fingerprint density at radius 2 is 2.20 bits per heavy atom. The Kier molecular flexibility index (Phi) is 3.15. The maximum Gasteiger partial charge on any atom is 0.213 e. The summed E-state index contributed by atoms with van der Waals surface area (Å²) in [6.07, 6.45) is 6.87. The highest BCUT2D eigenvalue weighted by atomic mass is 16.5. The molecule has 0 aromatic carbocycles. The number of ether oxygens (including phenoxy) is 2. The molecule has 108 valence electrons. The number of likely N-dealkylation sites (tertiary alicyclic amines) is 1. The fourth-order valence-corrected chi connectivity index (χ4v) is 3.45. The molecular formula is C16H22N2O2. The van der Waals surface area contributed by atoms with E-state index in [2.05, 4.69) is 9.88 Å². The summed E-state index contributed by atoms with van der Waals surface area (Å²) in [6, 6.07) is 5.82. The van der Waals surface area contributed by atoms with Gasteiger partial charge in [-0.15, -0.1) is 0 Å². The first-order valence-corrected chi connectivity index (χ1v) is 7.75. The van der Waals surface area contributed by atoms with E-state index in [4.69, 9.17) is 9.47 Å². The predicted octanol–water partition coefficient (Wildman–Crippen LogP) is 2.10. The van der Waals surface area contributed by atoms with E-state index in [-0.39, 0.29) is 11.7 Å². The van der Waals surface area contributed by atoms with Crippen LogP contribution in [-0.4, -0.2) is 47.8 Å². The van der Waals surface area contributed by atoms with Gasteiger partial charge in [-0.1, -0.05) is 6.07 Å². The van der Waals surface area contributed by atoms with E-state index >= 15 is 0 Å². The minimum Gasteiger partial charge on any atom is -0.474 e. The van der Waals surface area contributed by atoms with Gasteiger partial charge in [0.05, 0.1) is 12.2 Å². The Bertz CT molecular complexity index is 455. The topological polar surface area (TPSA) is 34.6 Å². The largest absolute Gasteiger partial charge is 0.474 e. The van der Waals surface area contributed by atoms with Crippen LogP contribution in [0.1, 0.15) is 25.7 Å². The highest BCUT2D eigenvalue weighted by Gasteiger charge is 2.48. The maximum atomic E-state index is 6.06. The number of aromatic nitrogens is 1. The quantitative estimate of drug-likeness (QED) is 0.842. The lowest BCUT2D eigenvalue weighted by Crippen LogP contribution is -2.66. The first-order chi connectivity index (χ1) is 9.81. The Morgan fingerprint density at radius 1 is 1.30 bits per heavy atom. The van der Waals surface area contributed by atoms with Crippen LogP contribution in [0.3, 0.4) is 0 Å². The molecule has 4 rings (SSSR count). The van der Waals surface area contributed by atoms with Crippen molar-refractivity contribution in [2.24, 2.45) is 5.92 Å². The molecular weight excluding hydrogens is 252 g/mol. The average molecular weight is 274 g/mol. The predicted molar refractivity (Wildman–Crippen MR) is 75.7 cm³/mol. The van der Waals surface area contributed by atoms with E-state index in [1.54, 1.807) is 6.20 Å². The Morgan fingerprint density at radius 3 is 2.95 bits per heavy atom. The smallest absolute Gasteiger partial charge is 0.213 e. The van der Waals surface area contributed by atoms with Gasteiger partial charge in [0, 0.05) is 44.7 Å². The molecule has 3 heterocycles. The van der Waals surface area contributed by atoms with E-state index < -0.39 is 0 Å². The van der Waals surface area contributed by atoms with Gasteiger partial charge in [-0.05, 0) is 24.8 Å². The van der Waals surface area contributed by atoms with Gasteiger partial charge < -0.3 is 9.47 Å². The van der Waals surface area contributed by atoms with E-state index in [1.807, 2.05) is 18.2 Å². The lowest BCUT2D eigenvalue weighted by atomic mass is 9.84. The van der Waals surface area contributed by atoms with Crippen LogP contribution < -0.4 is 4.74 Å². The van der Waals surface area contributed by atoms with Gasteiger partial charge in [-0.2, -0.15) is 0 Å². The summed E-state index contributed by atoms with van der Waals surface area (Å²) >= 11 is 0. The minimum atomic E-state index is 0.0621. The van der Waals surface area contributed by atoms with Crippen molar-refractivity contribution >= 4 is 0 Å². The van der Waals surface area contributed by atoms with Crippen LogP contribution in [0.2, 0.25) is 0 Å². The van der Waals surface area contributed by atoms with Crippen molar-refractivity contribution in [3.8, 4) is 5.88 Å². The zero-order valence-corrected chi connectivity index (χ0v) is 11.8. The third kappa shape index (κ3) is 2.67. The van der Waals surface area contributed by atoms with Crippen molar-refractivity contribution in [1.29, 1.82) is 0 Å². The summed E-state index contributed by atoms with van der Waals surface area (Å²) in [4.78, 5) is 6.80. The summed E-state index contributed by atoms with van der Waals surface area (Å²) in [7, 11) is 0. The third-order valence-electron chi connectivity index (χ3n) is 4.61. The van der Waals surface area contributed by atoms with Crippen LogP contribution >= 0.6 is 0 Å². The molecule has 3 fully saturated rings. The third-order valence-corrected chi connectivity index (χ3v) is 4.61. The molecule has 1 aliphatic carbocycles. The summed E-state index contributed by atoms with van der Waals surface area (Å²) in [5.74, 6) is 1.71. The average Bonchev–Trinajstić information content (AvgIpc) is 3.23. The molecule has 2 saturated heterocycles. The van der Waals surface area contributed by atoms with E-state index in [0.29, 0.717) is 0 Å². The van der Waals surface area contributed by atoms with Gasteiger partial charge in [0.25, 0.3) is 0 Å². The molecule has 4 nitrogen and oxygen atoms in total. The number of hydrogen-bond acceptors (Lipinski definition) is 4. The molecule has 1 aromatic rings. The molecule has 1 saturated carbocycles. The van der Waals surface area contributed by atoms with Crippen molar-refractivity contribution in [2.45, 2.75) is 37.4 Å². The number of rotatable bonds is 4. The molecule has 4 heteroatoms. The first-order valence-electron chi connectivity index (χ1n) is 7.75. The highest BCUT2D eigenvalue weighted by molar-refractivity contribution is 5.11. The van der Waals surface area contributed by atoms with E-state index in [0.717, 1.165) is 44.3 Å². The lowest BCUT2D eigenvalue weighted by Gasteiger charge is -2.53. The van der Waals surface area contributed by atoms with Crippen LogP contribution in [0.15, 0.2) is 24.4 Å². The summed E-state index contributed by atoms with van der Waals surface area (Å²) in [6.45, 7) is 4.27. The Balaban J connectivity index is 1.32. The second kappa shape index (κ2) is 5.01. The van der Waals surface area contributed by atoms with Gasteiger partial charge in [-0.25, -0.2) is 4.98 Å². The normalized spacial score (nSPS) is 29.1. The van der Waals surface area contributed by atoms with Crippen molar-refractivity contribution in [3.63, 3.8) is 0 Å². The second-order valence-corrected chi connectivity index (χ2v) is 6.55. The molecule has 2 aliphatic heterocycles. The van der Waals surface area contributed by atoms with Crippen LogP contribution in [0, 0.1) is 5.92 Å². The molecule has 20 heavy (non-hydrogen) atoms. The van der Waals surface area contributed by atoms with Crippen LogP contribution in [0.25, 0.3) is 0 Å². The summed E-state index contributed by atoms with van der Waals surface area (Å²) < 4.78 is 12.1. The molecule has 0 radical (unpaired) electrons. The van der Waals surface area contributed by atoms with Gasteiger partial charge in [-0.3, -0.25) is 4.90 Å². The van der Waals surface area contributed by atoms with Gasteiger partial charge in [0.2, 0.25) is 5.88 Å². The van der Waals surface area contributed by atoms with Crippen LogP contribution in [0.4, 0.5) is 0 Å². The standard InChI is InChI=1S/C16H22N2O2/c1-2-7-17-15(3-1)20-14-6-8-19-16(9-14)11-18(12-16)10-13-4-5-13/h1-3,7,13-14H,4-6,8-12H2/t14-/m1/s1. The van der Waals surface area contributed by atoms with Gasteiger partial charge in [0.15, 0.2) is 0 Å². The molecule has 0 N–H and O–H groups in total. The van der Waals surface area contributed by atoms with Gasteiger partial charge >= 0.3 is 0 Å². The Labute approximate surface area is 120 Å². The summed E-state index contributed by atoms with van der Waals surface area (Å²) in [5.41, 5.74) is 0.0621. The molecule has 0 unspecified atom stereocenters. The minimum absolute atomic E-state index is 0.0621. The van der Waals surface area contributed by atoms with Crippen molar-refractivity contribution in [2.75, 3.05) is 26.2 Å². The molecule has 0 amide bonds. The van der Waals surface area contributed by atoms with E-state index in [9.17, 15) is 0 Å². The highest BCUT2D eigenvalue weighted by Crippen LogP contribution is 2.38. The fraction of sp³-hybridized carbons (Fsp3) is 0.688. The van der Waals surface area contributed by atoms with Crippen molar-refractivity contribution in [3.05, 3.63) is 24.4 Å². The van der Waals surface area contributed by atoms with Crippen molar-refractivity contribution < 1.29 is 9.47 Å². The number of hydrogen-bond donors (Lipinski definition) is 0. The second-order valence-electron chi connectivity index (χ2n) is 6.55. The van der Waals surface area contributed by atoms with Crippen LogP contribution in [0.5, 0.6) is 5.88 Å². The van der Waals surface area contributed by atoms with Gasteiger partial charge in [0.1, 0.15) is 6.10 Å². The number of nitrogens with zero attached hydrogens (tertiary/aromatic N) is 2. The Hall–Kier alpha value is -1.13. The molecule has 1 spiro atoms. The molecule has 1 aromatic heterocycles. The molecule has 3 aliphatic rings. The summed E-state index contributed by atoms with van der Waals surface area (Å²) in [5, 5.41) is 0. The van der Waals surface area contributed by atoms with Crippen LogP contribution in [-0.2, 0) is 4.74 Å². The molecule has 0 bridgehead atoms. The zero-order chi connectivity index (χ0) is 13.4. The lowest BCUT2D eigenvalue weighted by molar-refractivity contribution is -0.186. The van der Waals surface area contributed by atoms with Crippen molar-refractivity contribution in [1.82, 2.24) is 9.88 Å². The fourth-order valence-electron chi connectivity index (χ4n) is 3.45. The molecule has 1 atom stereocenters. The van der Waals surface area contributed by atoms with E-state index in [1.165, 1.54) is 19.4 Å². The maximum absolute atomic E-state index is 6.06. The number of pyridine rings is 1. The SMILES string of the molecule is c1ccc(O[C@@H]2CCOC3(C2)CN(CC2CC2)C3)nc1. The zero-order valence-electron chi connectivity index (χ0n) is 11.8. The monoisotopic (exact) mass is 274 g/mol. The first kappa shape index (κ1) is 12.6.